The maximum Gasteiger partial charge on any atom is 0.336 e. The highest BCUT2D eigenvalue weighted by atomic mass is 16.4. The first-order valence-corrected chi connectivity index (χ1v) is 5.56. The van der Waals surface area contributed by atoms with Crippen LogP contribution in [-0.4, -0.2) is 22.2 Å². The van der Waals surface area contributed by atoms with Crippen LogP contribution in [0.4, 0.5) is 5.69 Å². The van der Waals surface area contributed by atoms with E-state index in [1.807, 2.05) is 6.07 Å². The molecule has 20 heavy (non-hydrogen) atoms. The molecule has 0 aromatic heterocycles. The van der Waals surface area contributed by atoms with Gasteiger partial charge in [-0.2, -0.15) is 0 Å². The number of benzene rings is 2. The second-order valence-electron chi connectivity index (χ2n) is 3.81. The summed E-state index contributed by atoms with van der Waals surface area (Å²) in [5, 5.41) is 27.6. The molecule has 6 heteroatoms. The quantitative estimate of drug-likeness (QED) is 0.712. The largest absolute Gasteiger partial charge is 0.545 e. The summed E-state index contributed by atoms with van der Waals surface area (Å²) in [6.07, 6.45) is 0. The average molecular weight is 275 g/mol. The Balaban J connectivity index is 0.000000217. The van der Waals surface area contributed by atoms with Crippen LogP contribution in [-0.2, 0) is 0 Å². The molecule has 0 unspecified atom stereocenters. The van der Waals surface area contributed by atoms with Crippen LogP contribution in [0, 0.1) is 0 Å². The van der Waals surface area contributed by atoms with E-state index in [1.54, 1.807) is 18.2 Å². The van der Waals surface area contributed by atoms with Crippen LogP contribution < -0.4 is 10.8 Å². The molecule has 0 atom stereocenters. The van der Waals surface area contributed by atoms with Crippen molar-refractivity contribution in [2.75, 3.05) is 0 Å². The molecule has 0 aliphatic rings. The highest BCUT2D eigenvalue weighted by Gasteiger charge is 2.08. The third-order valence-corrected chi connectivity index (χ3v) is 2.29. The molecule has 0 amide bonds. The van der Waals surface area contributed by atoms with Gasteiger partial charge in [0.15, 0.2) is 0 Å². The van der Waals surface area contributed by atoms with Crippen LogP contribution in [0.1, 0.15) is 20.7 Å². The van der Waals surface area contributed by atoms with Crippen LogP contribution in [0.2, 0.25) is 0 Å². The summed E-state index contributed by atoms with van der Waals surface area (Å²) in [5.74, 6) is -2.47. The molecule has 0 saturated heterocycles. The van der Waals surface area contributed by atoms with Gasteiger partial charge in [-0.3, -0.25) is 0 Å². The number of aromatic hydroxyl groups is 1. The van der Waals surface area contributed by atoms with Crippen LogP contribution in [0.25, 0.3) is 0 Å². The Hall–Kier alpha value is -2.86. The van der Waals surface area contributed by atoms with Crippen LogP contribution >= 0.6 is 0 Å². The molecular weight excluding hydrogens is 262 g/mol. The number of carbonyl (C=O) groups excluding carboxylic acids is 1. The predicted octanol–water partition coefficient (Wildman–Crippen LogP) is 0.0139. The molecule has 0 aliphatic carbocycles. The second kappa shape index (κ2) is 6.91. The number of phenolic OH excluding ortho intramolecular Hbond substituents is 1. The SMILES string of the molecule is O=C([O-])c1ccccc1C(=O)O.[NH3+]c1cccc(O)c1. The van der Waals surface area contributed by atoms with E-state index in [-0.39, 0.29) is 16.9 Å². The number of quaternary nitrogens is 1. The fourth-order valence-corrected chi connectivity index (χ4v) is 1.40. The first-order chi connectivity index (χ1) is 9.41. The Labute approximate surface area is 114 Å². The van der Waals surface area contributed by atoms with Gasteiger partial charge >= 0.3 is 5.97 Å². The number of carboxylic acids is 2. The predicted molar refractivity (Wildman–Crippen MR) is 68.4 cm³/mol. The summed E-state index contributed by atoms with van der Waals surface area (Å²) >= 11 is 0. The molecule has 0 heterocycles. The topological polar surface area (TPSA) is 125 Å². The van der Waals surface area contributed by atoms with E-state index in [0.717, 1.165) is 5.69 Å². The highest BCUT2D eigenvalue weighted by Crippen LogP contribution is 2.09. The Morgan fingerprint density at radius 1 is 1.00 bits per heavy atom. The minimum absolute atomic E-state index is 0.252. The highest BCUT2D eigenvalue weighted by molar-refractivity contribution is 6.00. The van der Waals surface area contributed by atoms with Crippen molar-refractivity contribution in [1.82, 2.24) is 0 Å². The number of carboxylic acid groups (broad SMARTS) is 2. The van der Waals surface area contributed by atoms with Crippen molar-refractivity contribution in [3.63, 3.8) is 0 Å². The summed E-state index contributed by atoms with van der Waals surface area (Å²) in [5.41, 5.74) is 3.91. The van der Waals surface area contributed by atoms with Gasteiger partial charge in [0, 0.05) is 11.6 Å². The molecular formula is C14H13NO5. The number of phenols is 1. The van der Waals surface area contributed by atoms with Crippen molar-refractivity contribution >= 4 is 17.6 Å². The molecule has 2 aromatic carbocycles. The van der Waals surface area contributed by atoms with E-state index >= 15 is 0 Å². The van der Waals surface area contributed by atoms with E-state index in [2.05, 4.69) is 5.73 Å². The zero-order valence-electron chi connectivity index (χ0n) is 10.4. The first kappa shape index (κ1) is 15.2. The molecule has 2 aromatic rings. The van der Waals surface area contributed by atoms with Gasteiger partial charge in [0.2, 0.25) is 0 Å². The van der Waals surface area contributed by atoms with Crippen molar-refractivity contribution in [2.45, 2.75) is 0 Å². The monoisotopic (exact) mass is 275 g/mol. The standard InChI is InChI=1S/C8H6O4.C6H7NO/c9-7(10)5-3-1-2-4-6(5)8(11)12;7-5-2-1-3-6(8)4-5/h1-4H,(H,9,10)(H,11,12);1-4,8H,7H2. The molecule has 0 saturated carbocycles. The summed E-state index contributed by atoms with van der Waals surface area (Å²) in [4.78, 5) is 20.8. The number of rotatable bonds is 2. The zero-order valence-corrected chi connectivity index (χ0v) is 10.4. The fourth-order valence-electron chi connectivity index (χ4n) is 1.40. The summed E-state index contributed by atoms with van der Waals surface area (Å²) in [6, 6.07) is 12.1. The third-order valence-electron chi connectivity index (χ3n) is 2.29. The van der Waals surface area contributed by atoms with E-state index in [1.165, 1.54) is 24.3 Å². The summed E-state index contributed by atoms with van der Waals surface area (Å²) in [6.45, 7) is 0. The lowest BCUT2D eigenvalue weighted by Crippen LogP contribution is -2.39. The zero-order chi connectivity index (χ0) is 15.1. The van der Waals surface area contributed by atoms with Crippen LogP contribution in [0.5, 0.6) is 5.75 Å². The van der Waals surface area contributed by atoms with Crippen LogP contribution in [0.15, 0.2) is 48.5 Å². The van der Waals surface area contributed by atoms with Gasteiger partial charge in [0.25, 0.3) is 0 Å². The number of aromatic carboxylic acids is 2. The van der Waals surface area contributed by atoms with Gasteiger partial charge in [-0.1, -0.05) is 24.3 Å². The lowest BCUT2D eigenvalue weighted by atomic mass is 10.1. The summed E-state index contributed by atoms with van der Waals surface area (Å²) < 4.78 is 0. The Kier molecular flexibility index (Phi) is 5.25. The number of hydrogen-bond acceptors (Lipinski definition) is 4. The normalized spacial score (nSPS) is 9.25. The third kappa shape index (κ3) is 4.43. The molecule has 0 spiro atoms. The Morgan fingerprint density at radius 2 is 1.60 bits per heavy atom. The lowest BCUT2D eigenvalue weighted by Gasteiger charge is -2.04. The second-order valence-corrected chi connectivity index (χ2v) is 3.81. The molecule has 0 fully saturated rings. The van der Waals surface area contributed by atoms with Crippen molar-refractivity contribution in [1.29, 1.82) is 0 Å². The molecule has 0 bridgehead atoms. The van der Waals surface area contributed by atoms with E-state index in [4.69, 9.17) is 10.2 Å². The lowest BCUT2D eigenvalue weighted by molar-refractivity contribution is -0.255. The van der Waals surface area contributed by atoms with E-state index in [0.29, 0.717) is 0 Å². The van der Waals surface area contributed by atoms with Crippen molar-refractivity contribution in [3.8, 4) is 5.75 Å². The molecule has 2 rings (SSSR count). The number of carbonyl (C=O) groups is 2. The Bertz CT molecular complexity index is 574. The van der Waals surface area contributed by atoms with E-state index in [9.17, 15) is 14.7 Å². The molecule has 104 valence electrons. The van der Waals surface area contributed by atoms with Crippen LogP contribution in [0.3, 0.4) is 0 Å². The summed E-state index contributed by atoms with van der Waals surface area (Å²) in [7, 11) is 0. The van der Waals surface area contributed by atoms with Crippen molar-refractivity contribution in [2.24, 2.45) is 0 Å². The molecule has 5 N–H and O–H groups in total. The van der Waals surface area contributed by atoms with Gasteiger partial charge in [-0.05, 0) is 18.2 Å². The minimum Gasteiger partial charge on any atom is -0.545 e. The smallest absolute Gasteiger partial charge is 0.336 e. The maximum atomic E-state index is 10.4. The van der Waals surface area contributed by atoms with Gasteiger partial charge in [-0.25, -0.2) is 4.79 Å². The fraction of sp³-hybridized carbons (Fsp3) is 0. The number of hydrogen-bond donors (Lipinski definition) is 3. The molecule has 6 nitrogen and oxygen atoms in total. The van der Waals surface area contributed by atoms with Crippen molar-refractivity contribution in [3.05, 3.63) is 59.7 Å². The Morgan fingerprint density at radius 3 is 1.95 bits per heavy atom. The molecule has 0 aliphatic heterocycles. The van der Waals surface area contributed by atoms with Crippen molar-refractivity contribution < 1.29 is 30.6 Å². The first-order valence-electron chi connectivity index (χ1n) is 5.56. The van der Waals surface area contributed by atoms with Gasteiger partial charge in [0.05, 0.1) is 11.5 Å². The maximum absolute atomic E-state index is 10.4. The van der Waals surface area contributed by atoms with Gasteiger partial charge in [0.1, 0.15) is 11.4 Å². The van der Waals surface area contributed by atoms with Gasteiger partial charge in [-0.15, -0.1) is 0 Å². The van der Waals surface area contributed by atoms with Gasteiger partial charge < -0.3 is 25.8 Å². The molecule has 0 radical (unpaired) electrons. The van der Waals surface area contributed by atoms with E-state index < -0.39 is 11.9 Å². The minimum atomic E-state index is -1.48. The average Bonchev–Trinajstić information content (AvgIpc) is 2.39.